The zero-order valence-electron chi connectivity index (χ0n) is 15.5. The molecule has 6 nitrogen and oxygen atoms in total. The number of carbonyl (C=O) groups excluding carboxylic acids is 3. The molecule has 2 aliphatic rings. The lowest BCUT2D eigenvalue weighted by atomic mass is 9.87. The molecule has 0 aromatic heterocycles. The Hall–Kier alpha value is -3.15. The van der Waals surface area contributed by atoms with Crippen molar-refractivity contribution in [2.24, 2.45) is 5.92 Å². The molecule has 1 aliphatic heterocycles. The molecule has 6 heteroatoms. The summed E-state index contributed by atoms with van der Waals surface area (Å²) in [5.74, 6) is -0.877. The highest BCUT2D eigenvalue weighted by Gasteiger charge is 2.30. The molecule has 1 fully saturated rings. The van der Waals surface area contributed by atoms with Gasteiger partial charge in [0.2, 0.25) is 11.8 Å². The minimum atomic E-state index is -0.321. The van der Waals surface area contributed by atoms with E-state index in [1.165, 1.54) is 5.56 Å². The van der Waals surface area contributed by atoms with Crippen LogP contribution in [-0.4, -0.2) is 17.7 Å². The highest BCUT2D eigenvalue weighted by atomic mass is 16.2. The van der Waals surface area contributed by atoms with Crippen molar-refractivity contribution >= 4 is 23.4 Å². The number of rotatable bonds is 4. The third kappa shape index (κ3) is 3.76. The maximum absolute atomic E-state index is 12.7. The molecule has 144 valence electrons. The van der Waals surface area contributed by atoms with Crippen molar-refractivity contribution in [2.75, 3.05) is 5.73 Å². The maximum atomic E-state index is 12.7. The van der Waals surface area contributed by atoms with Crippen LogP contribution in [0.4, 0.5) is 5.69 Å². The molecule has 2 unspecified atom stereocenters. The van der Waals surface area contributed by atoms with Crippen LogP contribution in [0.25, 0.3) is 0 Å². The monoisotopic (exact) mass is 377 g/mol. The van der Waals surface area contributed by atoms with Crippen LogP contribution in [0, 0.1) is 5.92 Å². The van der Waals surface area contributed by atoms with E-state index < -0.39 is 0 Å². The third-order valence-electron chi connectivity index (χ3n) is 5.55. The number of nitrogen functional groups attached to an aromatic ring is 1. The second-order valence-electron chi connectivity index (χ2n) is 7.59. The molecule has 2 aromatic rings. The van der Waals surface area contributed by atoms with E-state index >= 15 is 0 Å². The van der Waals surface area contributed by atoms with Gasteiger partial charge in [0, 0.05) is 17.7 Å². The van der Waals surface area contributed by atoms with Gasteiger partial charge in [-0.2, -0.15) is 0 Å². The van der Waals surface area contributed by atoms with Crippen molar-refractivity contribution in [3.63, 3.8) is 0 Å². The fourth-order valence-corrected chi connectivity index (χ4v) is 4.07. The summed E-state index contributed by atoms with van der Waals surface area (Å²) in [6.07, 6.45) is 3.64. The molecule has 2 atom stereocenters. The molecule has 28 heavy (non-hydrogen) atoms. The lowest BCUT2D eigenvalue weighted by molar-refractivity contribution is -0.125. The van der Waals surface area contributed by atoms with E-state index in [1.54, 1.807) is 12.1 Å². The quantitative estimate of drug-likeness (QED) is 0.562. The van der Waals surface area contributed by atoms with Gasteiger partial charge < -0.3 is 11.1 Å². The predicted molar refractivity (Wildman–Crippen MR) is 105 cm³/mol. The number of fused-ring (bicyclic) bond motifs is 1. The molecule has 0 radical (unpaired) electrons. The first-order valence-electron chi connectivity index (χ1n) is 9.61. The molecule has 1 heterocycles. The van der Waals surface area contributed by atoms with Gasteiger partial charge in [-0.3, -0.25) is 19.7 Å². The fraction of sp³-hybridized carbons (Fsp3) is 0.318. The summed E-state index contributed by atoms with van der Waals surface area (Å²) < 4.78 is 0. The number of hydrogen-bond acceptors (Lipinski definition) is 4. The van der Waals surface area contributed by atoms with E-state index in [1.807, 2.05) is 30.3 Å². The molecule has 0 spiro atoms. The van der Waals surface area contributed by atoms with Gasteiger partial charge >= 0.3 is 0 Å². The lowest BCUT2D eigenvalue weighted by Gasteiger charge is -2.26. The van der Waals surface area contributed by atoms with Crippen molar-refractivity contribution in [3.05, 3.63) is 64.7 Å². The number of amides is 3. The van der Waals surface area contributed by atoms with Gasteiger partial charge in [-0.1, -0.05) is 18.2 Å². The molecule has 1 aliphatic carbocycles. The van der Waals surface area contributed by atoms with Crippen molar-refractivity contribution < 1.29 is 14.4 Å². The summed E-state index contributed by atoms with van der Waals surface area (Å²) in [6.45, 7) is 0. The van der Waals surface area contributed by atoms with Crippen LogP contribution in [0.15, 0.2) is 42.5 Å². The van der Waals surface area contributed by atoms with Crippen LogP contribution in [0.5, 0.6) is 0 Å². The zero-order chi connectivity index (χ0) is 19.7. The Morgan fingerprint density at radius 3 is 2.64 bits per heavy atom. The van der Waals surface area contributed by atoms with Crippen LogP contribution in [0.3, 0.4) is 0 Å². The van der Waals surface area contributed by atoms with Gasteiger partial charge in [-0.05, 0) is 66.6 Å². The maximum Gasteiger partial charge on any atom is 0.251 e. The van der Waals surface area contributed by atoms with Gasteiger partial charge in [0.1, 0.15) is 0 Å². The number of hydrogen-bond donors (Lipinski definition) is 3. The standard InChI is InChI=1S/C22H23N3O3/c23-17-8-9-18-15(11-17)2-1-3-19(18)24-21(27)14-6-4-13(5-7-14)10-16-12-20(26)25-22(16)28/h4-9,11,16,19H,1-3,10,12,23H2,(H,24,27)(H,25,26,28). The van der Waals surface area contributed by atoms with E-state index in [-0.39, 0.29) is 36.1 Å². The van der Waals surface area contributed by atoms with Gasteiger partial charge in [-0.25, -0.2) is 0 Å². The zero-order valence-corrected chi connectivity index (χ0v) is 15.5. The van der Waals surface area contributed by atoms with Crippen LogP contribution in [-0.2, 0) is 22.4 Å². The Balaban J connectivity index is 1.42. The van der Waals surface area contributed by atoms with Crippen molar-refractivity contribution in [1.29, 1.82) is 0 Å². The molecule has 0 bridgehead atoms. The number of nitrogens with two attached hydrogens (primary N) is 1. The van der Waals surface area contributed by atoms with E-state index in [0.29, 0.717) is 12.0 Å². The van der Waals surface area contributed by atoms with Crippen LogP contribution < -0.4 is 16.4 Å². The van der Waals surface area contributed by atoms with Crippen molar-refractivity contribution in [1.82, 2.24) is 10.6 Å². The Morgan fingerprint density at radius 1 is 1.14 bits per heavy atom. The smallest absolute Gasteiger partial charge is 0.251 e. The minimum absolute atomic E-state index is 0.00952. The molecular weight excluding hydrogens is 354 g/mol. The number of benzene rings is 2. The molecule has 4 N–H and O–H groups in total. The average molecular weight is 377 g/mol. The van der Waals surface area contributed by atoms with E-state index in [0.717, 1.165) is 36.1 Å². The molecule has 1 saturated heterocycles. The Kier molecular flexibility index (Phi) is 4.86. The first-order valence-corrected chi connectivity index (χ1v) is 9.61. The first kappa shape index (κ1) is 18.2. The Bertz CT molecular complexity index is 937. The normalized spacial score (nSPS) is 21.1. The summed E-state index contributed by atoms with van der Waals surface area (Å²) in [5, 5.41) is 5.45. The number of carbonyl (C=O) groups is 3. The summed E-state index contributed by atoms with van der Waals surface area (Å²) in [6, 6.07) is 13.1. The summed E-state index contributed by atoms with van der Waals surface area (Å²) in [4.78, 5) is 35.7. The van der Waals surface area contributed by atoms with Gasteiger partial charge in [0.25, 0.3) is 5.91 Å². The fourth-order valence-electron chi connectivity index (χ4n) is 4.07. The number of aryl methyl sites for hydroxylation is 1. The van der Waals surface area contributed by atoms with Crippen molar-refractivity contribution in [3.8, 4) is 0 Å². The van der Waals surface area contributed by atoms with E-state index in [2.05, 4.69) is 10.6 Å². The van der Waals surface area contributed by atoms with Crippen molar-refractivity contribution in [2.45, 2.75) is 38.1 Å². The highest BCUT2D eigenvalue weighted by Crippen LogP contribution is 2.31. The lowest BCUT2D eigenvalue weighted by Crippen LogP contribution is -2.31. The molecular formula is C22H23N3O3. The Labute approximate surface area is 163 Å². The number of nitrogens with one attached hydrogen (secondary N) is 2. The summed E-state index contributed by atoms with van der Waals surface area (Å²) >= 11 is 0. The molecule has 4 rings (SSSR count). The number of anilines is 1. The molecule has 3 amide bonds. The van der Waals surface area contributed by atoms with Gasteiger partial charge in [0.15, 0.2) is 0 Å². The molecule has 0 saturated carbocycles. The minimum Gasteiger partial charge on any atom is -0.399 e. The highest BCUT2D eigenvalue weighted by molar-refractivity contribution is 6.03. The number of imide groups is 1. The third-order valence-corrected chi connectivity index (χ3v) is 5.55. The van der Waals surface area contributed by atoms with E-state index in [4.69, 9.17) is 5.73 Å². The summed E-state index contributed by atoms with van der Waals surface area (Å²) in [7, 11) is 0. The second-order valence-corrected chi connectivity index (χ2v) is 7.59. The Morgan fingerprint density at radius 2 is 1.93 bits per heavy atom. The van der Waals surface area contributed by atoms with Gasteiger partial charge in [0.05, 0.1) is 12.0 Å². The van der Waals surface area contributed by atoms with E-state index in [9.17, 15) is 14.4 Å². The molecule has 2 aromatic carbocycles. The predicted octanol–water partition coefficient (Wildman–Crippen LogP) is 2.28. The largest absolute Gasteiger partial charge is 0.399 e. The average Bonchev–Trinajstić information content (AvgIpc) is 2.99. The van der Waals surface area contributed by atoms with Crippen LogP contribution in [0.1, 0.15) is 52.4 Å². The van der Waals surface area contributed by atoms with Crippen LogP contribution >= 0.6 is 0 Å². The first-order chi connectivity index (χ1) is 13.5. The SMILES string of the molecule is Nc1ccc2c(c1)CCCC2NC(=O)c1ccc(CC2CC(=O)NC2=O)cc1. The van der Waals surface area contributed by atoms with Gasteiger partial charge in [-0.15, -0.1) is 0 Å². The second kappa shape index (κ2) is 7.46. The summed E-state index contributed by atoms with van der Waals surface area (Å²) in [5.41, 5.74) is 10.5. The topological polar surface area (TPSA) is 101 Å². The van der Waals surface area contributed by atoms with Crippen LogP contribution in [0.2, 0.25) is 0 Å².